The lowest BCUT2D eigenvalue weighted by Gasteiger charge is -2.15. The molecule has 1 aromatic rings. The molecule has 0 radical (unpaired) electrons. The highest BCUT2D eigenvalue weighted by Gasteiger charge is 2.17. The van der Waals surface area contributed by atoms with Crippen LogP contribution in [0.1, 0.15) is 24.2 Å². The summed E-state index contributed by atoms with van der Waals surface area (Å²) in [7, 11) is 1.54. The van der Waals surface area contributed by atoms with Crippen LogP contribution in [0.2, 0.25) is 0 Å². The average Bonchev–Trinajstić information content (AvgIpc) is 2.43. The molecule has 19 heavy (non-hydrogen) atoms. The fourth-order valence-corrected chi connectivity index (χ4v) is 1.32. The van der Waals surface area contributed by atoms with E-state index in [0.29, 0.717) is 11.3 Å². The van der Waals surface area contributed by atoms with E-state index in [9.17, 15) is 9.59 Å². The molecule has 0 aromatic heterocycles. The van der Waals surface area contributed by atoms with Gasteiger partial charge in [0, 0.05) is 5.56 Å². The quantitative estimate of drug-likeness (QED) is 0.689. The lowest BCUT2D eigenvalue weighted by atomic mass is 10.1. The van der Waals surface area contributed by atoms with Gasteiger partial charge in [0.1, 0.15) is 5.75 Å². The Morgan fingerprint density at radius 3 is 2.21 bits per heavy atom. The van der Waals surface area contributed by atoms with Crippen molar-refractivity contribution >= 4 is 11.8 Å². The summed E-state index contributed by atoms with van der Waals surface area (Å²) < 4.78 is 4.99. The predicted octanol–water partition coefficient (Wildman–Crippen LogP) is 0.440. The lowest BCUT2D eigenvalue weighted by Crippen LogP contribution is -2.51. The van der Waals surface area contributed by atoms with Crippen LogP contribution in [0.15, 0.2) is 24.3 Å². The molecule has 6 heteroatoms. The van der Waals surface area contributed by atoms with Gasteiger partial charge in [0.05, 0.1) is 13.2 Å². The number of nitrogens with one attached hydrogen (secondary N) is 2. The van der Waals surface area contributed by atoms with Gasteiger partial charge in [-0.25, -0.2) is 0 Å². The number of carbonyl (C=O) groups is 2. The maximum Gasteiger partial charge on any atom is 0.269 e. The summed E-state index contributed by atoms with van der Waals surface area (Å²) in [5, 5.41) is 0. The van der Waals surface area contributed by atoms with Gasteiger partial charge in [-0.2, -0.15) is 0 Å². The zero-order valence-corrected chi connectivity index (χ0v) is 11.3. The first-order valence-electron chi connectivity index (χ1n) is 5.95. The van der Waals surface area contributed by atoms with Crippen molar-refractivity contribution in [1.82, 2.24) is 10.9 Å². The van der Waals surface area contributed by atoms with Crippen LogP contribution in [-0.4, -0.2) is 25.0 Å². The number of hydrazine groups is 1. The summed E-state index contributed by atoms with van der Waals surface area (Å²) in [6.07, 6.45) is 0. The molecule has 0 saturated heterocycles. The number of ether oxygens (including phenoxy) is 1. The van der Waals surface area contributed by atoms with Crippen molar-refractivity contribution < 1.29 is 14.3 Å². The standard InChI is InChI=1S/C13H19N3O3/c1-8(2)11(14)13(18)16-15-12(17)9-4-6-10(19-3)7-5-9/h4-8,11H,14H2,1-3H3,(H,15,17)(H,16,18). The maximum absolute atomic E-state index is 11.7. The van der Waals surface area contributed by atoms with Gasteiger partial charge in [-0.05, 0) is 30.2 Å². The van der Waals surface area contributed by atoms with Crippen LogP contribution in [0.5, 0.6) is 5.75 Å². The second-order valence-electron chi connectivity index (χ2n) is 4.44. The number of hydrogen-bond donors (Lipinski definition) is 3. The van der Waals surface area contributed by atoms with Crippen LogP contribution in [0.4, 0.5) is 0 Å². The molecule has 4 N–H and O–H groups in total. The number of rotatable bonds is 4. The largest absolute Gasteiger partial charge is 0.497 e. The minimum atomic E-state index is -0.656. The summed E-state index contributed by atoms with van der Waals surface area (Å²) in [5.41, 5.74) is 10.7. The number of benzene rings is 1. The monoisotopic (exact) mass is 265 g/mol. The highest BCUT2D eigenvalue weighted by atomic mass is 16.5. The number of hydrogen-bond acceptors (Lipinski definition) is 4. The van der Waals surface area contributed by atoms with Crippen LogP contribution in [-0.2, 0) is 4.79 Å². The average molecular weight is 265 g/mol. The van der Waals surface area contributed by atoms with Crippen molar-refractivity contribution in [3.8, 4) is 5.75 Å². The molecule has 1 atom stereocenters. The van der Waals surface area contributed by atoms with E-state index in [1.807, 2.05) is 13.8 Å². The Hall–Kier alpha value is -2.08. The molecule has 0 aliphatic carbocycles. The van der Waals surface area contributed by atoms with Gasteiger partial charge >= 0.3 is 0 Å². The fourth-order valence-electron chi connectivity index (χ4n) is 1.32. The summed E-state index contributed by atoms with van der Waals surface area (Å²) in [5.74, 6) is -0.177. The van der Waals surface area contributed by atoms with Crippen molar-refractivity contribution in [2.45, 2.75) is 19.9 Å². The summed E-state index contributed by atoms with van der Waals surface area (Å²) in [6, 6.07) is 5.87. The maximum atomic E-state index is 11.7. The minimum Gasteiger partial charge on any atom is -0.497 e. The van der Waals surface area contributed by atoms with Gasteiger partial charge in [-0.15, -0.1) is 0 Å². The highest BCUT2D eigenvalue weighted by Crippen LogP contribution is 2.10. The molecule has 1 unspecified atom stereocenters. The number of carbonyl (C=O) groups excluding carboxylic acids is 2. The highest BCUT2D eigenvalue weighted by molar-refractivity contribution is 5.95. The van der Waals surface area contributed by atoms with Crippen molar-refractivity contribution in [1.29, 1.82) is 0 Å². The first kappa shape index (κ1) is 15.0. The molecule has 0 saturated carbocycles. The van der Waals surface area contributed by atoms with Gasteiger partial charge in [0.25, 0.3) is 11.8 Å². The van der Waals surface area contributed by atoms with Crippen molar-refractivity contribution in [3.05, 3.63) is 29.8 Å². The Balaban J connectivity index is 2.53. The van der Waals surface area contributed by atoms with Gasteiger partial charge in [0.15, 0.2) is 0 Å². The molecule has 0 fully saturated rings. The Labute approximate surface area is 112 Å². The molecule has 6 nitrogen and oxygen atoms in total. The molecule has 0 spiro atoms. The molecule has 0 bridgehead atoms. The zero-order valence-electron chi connectivity index (χ0n) is 11.3. The van der Waals surface area contributed by atoms with E-state index in [2.05, 4.69) is 10.9 Å². The SMILES string of the molecule is COc1ccc(C(=O)NNC(=O)C(N)C(C)C)cc1. The first-order valence-corrected chi connectivity index (χ1v) is 5.95. The predicted molar refractivity (Wildman–Crippen MR) is 71.4 cm³/mol. The van der Waals surface area contributed by atoms with E-state index in [4.69, 9.17) is 10.5 Å². The van der Waals surface area contributed by atoms with E-state index in [0.717, 1.165) is 0 Å². The molecule has 1 aromatic carbocycles. The lowest BCUT2D eigenvalue weighted by molar-refractivity contribution is -0.124. The molecular formula is C13H19N3O3. The second kappa shape index (κ2) is 6.75. The zero-order chi connectivity index (χ0) is 14.4. The van der Waals surface area contributed by atoms with Gasteiger partial charge in [-0.3, -0.25) is 20.4 Å². The van der Waals surface area contributed by atoms with Crippen LogP contribution < -0.4 is 21.3 Å². The molecule has 0 aliphatic rings. The third-order valence-electron chi connectivity index (χ3n) is 2.67. The third kappa shape index (κ3) is 4.26. The van der Waals surface area contributed by atoms with Crippen LogP contribution in [0.3, 0.4) is 0 Å². The van der Waals surface area contributed by atoms with Crippen molar-refractivity contribution in [2.24, 2.45) is 11.7 Å². The topological polar surface area (TPSA) is 93.5 Å². The normalized spacial score (nSPS) is 11.8. The van der Waals surface area contributed by atoms with Crippen molar-refractivity contribution in [2.75, 3.05) is 7.11 Å². The summed E-state index contributed by atoms with van der Waals surface area (Å²) >= 11 is 0. The second-order valence-corrected chi connectivity index (χ2v) is 4.44. The van der Waals surface area contributed by atoms with E-state index < -0.39 is 17.9 Å². The minimum absolute atomic E-state index is 0.00196. The van der Waals surface area contributed by atoms with Gasteiger partial charge in [-0.1, -0.05) is 13.8 Å². The van der Waals surface area contributed by atoms with Crippen LogP contribution in [0, 0.1) is 5.92 Å². The number of nitrogens with two attached hydrogens (primary N) is 1. The number of amides is 2. The Bertz CT molecular complexity index is 443. The van der Waals surface area contributed by atoms with Crippen molar-refractivity contribution in [3.63, 3.8) is 0 Å². The third-order valence-corrected chi connectivity index (χ3v) is 2.67. The molecule has 0 heterocycles. The van der Waals surface area contributed by atoms with Crippen LogP contribution in [0.25, 0.3) is 0 Å². The molecule has 1 rings (SSSR count). The molecule has 104 valence electrons. The Kier molecular flexibility index (Phi) is 5.32. The van der Waals surface area contributed by atoms with Gasteiger partial charge < -0.3 is 10.5 Å². The molecular weight excluding hydrogens is 246 g/mol. The van der Waals surface area contributed by atoms with E-state index in [1.165, 1.54) is 0 Å². The Morgan fingerprint density at radius 2 is 1.74 bits per heavy atom. The van der Waals surface area contributed by atoms with E-state index in [1.54, 1.807) is 31.4 Å². The van der Waals surface area contributed by atoms with E-state index >= 15 is 0 Å². The molecule has 2 amide bonds. The summed E-state index contributed by atoms with van der Waals surface area (Å²) in [4.78, 5) is 23.3. The Morgan fingerprint density at radius 1 is 1.16 bits per heavy atom. The molecule has 0 aliphatic heterocycles. The number of methoxy groups -OCH3 is 1. The van der Waals surface area contributed by atoms with Gasteiger partial charge in [0.2, 0.25) is 0 Å². The van der Waals surface area contributed by atoms with E-state index in [-0.39, 0.29) is 5.92 Å². The summed E-state index contributed by atoms with van der Waals surface area (Å²) in [6.45, 7) is 3.66. The van der Waals surface area contributed by atoms with Crippen LogP contribution >= 0.6 is 0 Å². The fraction of sp³-hybridized carbons (Fsp3) is 0.385. The first-order chi connectivity index (χ1) is 8.95. The smallest absolute Gasteiger partial charge is 0.269 e.